The van der Waals surface area contributed by atoms with Crippen LogP contribution in [0.15, 0.2) is 60.7 Å². The highest BCUT2D eigenvalue weighted by Crippen LogP contribution is 2.16. The lowest BCUT2D eigenvalue weighted by Gasteiger charge is -2.14. The molecule has 2 aromatic carbocycles. The summed E-state index contributed by atoms with van der Waals surface area (Å²) in [5.74, 6) is 0.678. The topological polar surface area (TPSA) is 26.0 Å². The van der Waals surface area contributed by atoms with Crippen molar-refractivity contribution in [1.29, 1.82) is 0 Å². The average Bonchev–Trinajstić information content (AvgIpc) is 2.55. The molecule has 0 saturated heterocycles. The van der Waals surface area contributed by atoms with Gasteiger partial charge in [0.25, 0.3) is 0 Å². The summed E-state index contributed by atoms with van der Waals surface area (Å²) in [6, 6.07) is 21.5. The molecule has 21 heavy (non-hydrogen) atoms. The molecule has 0 unspecified atom stereocenters. The Balaban J connectivity index is 1.64. The van der Waals surface area contributed by atoms with Crippen molar-refractivity contribution in [2.75, 3.05) is 6.54 Å². The van der Waals surface area contributed by atoms with Gasteiger partial charge in [0.2, 0.25) is 0 Å². The van der Waals surface area contributed by atoms with Crippen LogP contribution in [0.25, 0.3) is 0 Å². The van der Waals surface area contributed by atoms with Crippen LogP contribution in [0.2, 0.25) is 0 Å². The van der Waals surface area contributed by atoms with Gasteiger partial charge in [-0.2, -0.15) is 0 Å². The monoisotopic (exact) mass is 281 g/mol. The fraction of sp³-hybridized carbons (Fsp3) is 0.400. The fourth-order valence-corrected chi connectivity index (χ4v) is 2.86. The standard InChI is InChI=1S/C20H27N/c21-17-20(15-7-13-18-9-3-1-4-10-18)16-8-14-19-11-5-2-6-12-19/h1-6,9-12,20H,7-8,13-17,21H2. The average molecular weight is 281 g/mol. The van der Waals surface area contributed by atoms with Gasteiger partial charge in [-0.25, -0.2) is 0 Å². The first-order chi connectivity index (χ1) is 10.4. The van der Waals surface area contributed by atoms with Crippen LogP contribution in [0.4, 0.5) is 0 Å². The molecule has 0 spiro atoms. The molecular formula is C20H27N. The van der Waals surface area contributed by atoms with Gasteiger partial charge < -0.3 is 5.73 Å². The predicted molar refractivity (Wildman–Crippen MR) is 91.3 cm³/mol. The molecule has 0 radical (unpaired) electrons. The molecule has 112 valence electrons. The van der Waals surface area contributed by atoms with Gasteiger partial charge in [0.05, 0.1) is 0 Å². The van der Waals surface area contributed by atoms with Crippen molar-refractivity contribution in [2.24, 2.45) is 11.7 Å². The summed E-state index contributed by atoms with van der Waals surface area (Å²) in [4.78, 5) is 0. The van der Waals surface area contributed by atoms with E-state index in [1.54, 1.807) is 0 Å². The van der Waals surface area contributed by atoms with Crippen molar-refractivity contribution in [2.45, 2.75) is 38.5 Å². The van der Waals surface area contributed by atoms with Crippen LogP contribution in [0, 0.1) is 5.92 Å². The second-order valence-corrected chi connectivity index (χ2v) is 5.86. The van der Waals surface area contributed by atoms with E-state index in [2.05, 4.69) is 60.7 Å². The van der Waals surface area contributed by atoms with Crippen molar-refractivity contribution >= 4 is 0 Å². The highest BCUT2D eigenvalue weighted by atomic mass is 14.5. The van der Waals surface area contributed by atoms with E-state index in [1.165, 1.54) is 49.7 Å². The molecule has 2 rings (SSSR count). The van der Waals surface area contributed by atoms with Crippen molar-refractivity contribution < 1.29 is 0 Å². The van der Waals surface area contributed by atoms with Crippen LogP contribution >= 0.6 is 0 Å². The largest absolute Gasteiger partial charge is 0.330 e. The highest BCUT2D eigenvalue weighted by molar-refractivity contribution is 5.15. The van der Waals surface area contributed by atoms with Crippen LogP contribution < -0.4 is 5.73 Å². The molecule has 0 bridgehead atoms. The summed E-state index contributed by atoms with van der Waals surface area (Å²) in [6.45, 7) is 0.823. The van der Waals surface area contributed by atoms with Gasteiger partial charge in [-0.1, -0.05) is 60.7 Å². The summed E-state index contributed by atoms with van der Waals surface area (Å²) in [5.41, 5.74) is 8.82. The fourth-order valence-electron chi connectivity index (χ4n) is 2.86. The third-order valence-electron chi connectivity index (χ3n) is 4.17. The number of nitrogens with two attached hydrogens (primary N) is 1. The Hall–Kier alpha value is -1.60. The van der Waals surface area contributed by atoms with Gasteiger partial charge in [0.15, 0.2) is 0 Å². The molecule has 1 nitrogen and oxygen atoms in total. The summed E-state index contributed by atoms with van der Waals surface area (Å²) < 4.78 is 0. The predicted octanol–water partition coefficient (Wildman–Crippen LogP) is 4.61. The van der Waals surface area contributed by atoms with Gasteiger partial charge in [0.1, 0.15) is 0 Å². The van der Waals surface area contributed by atoms with E-state index in [4.69, 9.17) is 5.73 Å². The minimum absolute atomic E-state index is 0.678. The Morgan fingerprint density at radius 1 is 0.667 bits per heavy atom. The zero-order valence-corrected chi connectivity index (χ0v) is 12.9. The number of benzene rings is 2. The summed E-state index contributed by atoms with van der Waals surface area (Å²) in [7, 11) is 0. The normalized spacial score (nSPS) is 11.0. The quantitative estimate of drug-likeness (QED) is 0.714. The lowest BCUT2D eigenvalue weighted by Crippen LogP contribution is -2.15. The molecule has 0 aliphatic rings. The summed E-state index contributed by atoms with van der Waals surface area (Å²) in [5, 5.41) is 0. The molecular weight excluding hydrogens is 254 g/mol. The number of hydrogen-bond acceptors (Lipinski definition) is 1. The van der Waals surface area contributed by atoms with Crippen molar-refractivity contribution in [3.63, 3.8) is 0 Å². The van der Waals surface area contributed by atoms with Gasteiger partial charge in [0, 0.05) is 0 Å². The number of aryl methyl sites for hydroxylation is 2. The molecule has 0 aliphatic carbocycles. The maximum atomic E-state index is 5.93. The summed E-state index contributed by atoms with van der Waals surface area (Å²) in [6.07, 6.45) is 7.35. The van der Waals surface area contributed by atoms with E-state index in [1.807, 2.05) is 0 Å². The SMILES string of the molecule is NCC(CCCc1ccccc1)CCCc1ccccc1. The second-order valence-electron chi connectivity index (χ2n) is 5.86. The van der Waals surface area contributed by atoms with E-state index >= 15 is 0 Å². The lowest BCUT2D eigenvalue weighted by molar-refractivity contribution is 0.433. The van der Waals surface area contributed by atoms with Gasteiger partial charge in [-0.3, -0.25) is 0 Å². The maximum Gasteiger partial charge on any atom is -0.00489 e. The van der Waals surface area contributed by atoms with E-state index in [9.17, 15) is 0 Å². The first-order valence-corrected chi connectivity index (χ1v) is 8.16. The van der Waals surface area contributed by atoms with Crippen molar-refractivity contribution in [1.82, 2.24) is 0 Å². The van der Waals surface area contributed by atoms with Gasteiger partial charge in [-0.05, 0) is 62.1 Å². The molecule has 0 aliphatic heterocycles. The smallest absolute Gasteiger partial charge is 0.00489 e. The Bertz CT molecular complexity index is 432. The van der Waals surface area contributed by atoms with Crippen molar-refractivity contribution in [3.05, 3.63) is 71.8 Å². The first-order valence-electron chi connectivity index (χ1n) is 8.16. The van der Waals surface area contributed by atoms with Crippen LogP contribution in [0.1, 0.15) is 36.8 Å². The molecule has 0 aromatic heterocycles. The molecule has 0 amide bonds. The van der Waals surface area contributed by atoms with Gasteiger partial charge in [-0.15, -0.1) is 0 Å². The molecule has 0 heterocycles. The molecule has 0 saturated carbocycles. The van der Waals surface area contributed by atoms with E-state index < -0.39 is 0 Å². The minimum atomic E-state index is 0.678. The van der Waals surface area contributed by atoms with Crippen LogP contribution in [-0.2, 0) is 12.8 Å². The molecule has 2 aromatic rings. The number of hydrogen-bond donors (Lipinski definition) is 1. The first kappa shape index (κ1) is 15.8. The zero-order chi connectivity index (χ0) is 14.8. The Morgan fingerprint density at radius 2 is 1.10 bits per heavy atom. The Labute approximate surface area is 129 Å². The summed E-state index contributed by atoms with van der Waals surface area (Å²) >= 11 is 0. The minimum Gasteiger partial charge on any atom is -0.330 e. The number of rotatable bonds is 9. The maximum absolute atomic E-state index is 5.93. The van der Waals surface area contributed by atoms with E-state index in [-0.39, 0.29) is 0 Å². The van der Waals surface area contributed by atoms with Crippen LogP contribution in [0.5, 0.6) is 0 Å². The van der Waals surface area contributed by atoms with Crippen molar-refractivity contribution in [3.8, 4) is 0 Å². The van der Waals surface area contributed by atoms with E-state index in [0.717, 1.165) is 6.54 Å². The van der Waals surface area contributed by atoms with Crippen LogP contribution in [-0.4, -0.2) is 6.54 Å². The third-order valence-corrected chi connectivity index (χ3v) is 4.17. The Kier molecular flexibility index (Phi) is 7.03. The molecule has 1 heteroatoms. The Morgan fingerprint density at radius 3 is 1.48 bits per heavy atom. The zero-order valence-electron chi connectivity index (χ0n) is 12.9. The lowest BCUT2D eigenvalue weighted by atomic mass is 9.93. The second kappa shape index (κ2) is 9.36. The third kappa shape index (κ3) is 6.14. The molecule has 0 fully saturated rings. The highest BCUT2D eigenvalue weighted by Gasteiger charge is 2.06. The van der Waals surface area contributed by atoms with Gasteiger partial charge >= 0.3 is 0 Å². The van der Waals surface area contributed by atoms with E-state index in [0.29, 0.717) is 5.92 Å². The molecule has 0 atom stereocenters. The van der Waals surface area contributed by atoms with Crippen LogP contribution in [0.3, 0.4) is 0 Å². The molecule has 2 N–H and O–H groups in total.